The van der Waals surface area contributed by atoms with Crippen LogP contribution in [0, 0.1) is 0 Å². The molecular formula is C11H21N3S. The molecule has 2 heterocycles. The Labute approximate surface area is 96.7 Å². The summed E-state index contributed by atoms with van der Waals surface area (Å²) in [7, 11) is 0. The highest BCUT2D eigenvalue weighted by atomic mass is 32.2. The van der Waals surface area contributed by atoms with Gasteiger partial charge in [0.1, 0.15) is 0 Å². The second-order valence-corrected chi connectivity index (χ2v) is 5.60. The number of likely N-dealkylation sites (tertiary alicyclic amines) is 1. The molecule has 3 nitrogen and oxygen atoms in total. The first-order valence-corrected chi connectivity index (χ1v) is 6.92. The van der Waals surface area contributed by atoms with Crippen molar-refractivity contribution in [1.82, 2.24) is 10.2 Å². The molecule has 0 aromatic heterocycles. The third kappa shape index (κ3) is 3.11. The number of amidine groups is 1. The summed E-state index contributed by atoms with van der Waals surface area (Å²) in [5.41, 5.74) is 0. The van der Waals surface area contributed by atoms with Crippen molar-refractivity contribution in [3.63, 3.8) is 0 Å². The van der Waals surface area contributed by atoms with Crippen molar-refractivity contribution in [2.75, 3.05) is 25.4 Å². The summed E-state index contributed by atoms with van der Waals surface area (Å²) >= 11 is 1.86. The van der Waals surface area contributed by atoms with Crippen LogP contribution in [0.15, 0.2) is 4.99 Å². The van der Waals surface area contributed by atoms with Crippen molar-refractivity contribution >= 4 is 16.9 Å². The lowest BCUT2D eigenvalue weighted by atomic mass is 10.3. The van der Waals surface area contributed by atoms with Crippen molar-refractivity contribution < 1.29 is 0 Å². The molecule has 2 saturated heterocycles. The van der Waals surface area contributed by atoms with E-state index in [0.717, 1.165) is 17.5 Å². The van der Waals surface area contributed by atoms with Crippen molar-refractivity contribution in [1.29, 1.82) is 0 Å². The van der Waals surface area contributed by atoms with Crippen LogP contribution >= 0.6 is 11.8 Å². The molecular weight excluding hydrogens is 206 g/mol. The van der Waals surface area contributed by atoms with E-state index in [1.165, 1.54) is 25.9 Å². The van der Waals surface area contributed by atoms with Gasteiger partial charge >= 0.3 is 0 Å². The molecule has 0 saturated carbocycles. The first-order chi connectivity index (χ1) is 7.25. The maximum absolute atomic E-state index is 4.64. The van der Waals surface area contributed by atoms with E-state index in [1.54, 1.807) is 0 Å². The third-order valence-corrected chi connectivity index (χ3v) is 4.29. The minimum Gasteiger partial charge on any atom is -0.362 e. The van der Waals surface area contributed by atoms with Gasteiger partial charge < -0.3 is 5.32 Å². The van der Waals surface area contributed by atoms with Crippen LogP contribution in [-0.4, -0.2) is 47.5 Å². The Hall–Kier alpha value is -0.220. The smallest absolute Gasteiger partial charge is 0.156 e. The normalized spacial score (nSPS) is 32.1. The Balaban J connectivity index is 1.76. The predicted molar refractivity (Wildman–Crippen MR) is 67.6 cm³/mol. The minimum atomic E-state index is 0.593. The summed E-state index contributed by atoms with van der Waals surface area (Å²) in [4.78, 5) is 7.19. The van der Waals surface area contributed by atoms with Gasteiger partial charge in [-0.1, -0.05) is 11.8 Å². The molecule has 0 radical (unpaired) electrons. The second kappa shape index (κ2) is 5.21. The summed E-state index contributed by atoms with van der Waals surface area (Å²) in [6, 6.07) is 1.20. The molecule has 2 aliphatic heterocycles. The van der Waals surface area contributed by atoms with Crippen LogP contribution < -0.4 is 5.32 Å². The molecule has 2 fully saturated rings. The van der Waals surface area contributed by atoms with Gasteiger partial charge in [-0.15, -0.1) is 0 Å². The van der Waals surface area contributed by atoms with Gasteiger partial charge in [0.15, 0.2) is 5.17 Å². The maximum Gasteiger partial charge on any atom is 0.156 e. The van der Waals surface area contributed by atoms with Crippen LogP contribution in [0.3, 0.4) is 0 Å². The van der Waals surface area contributed by atoms with Crippen molar-refractivity contribution in [2.24, 2.45) is 4.99 Å². The van der Waals surface area contributed by atoms with Crippen LogP contribution in [0.2, 0.25) is 0 Å². The number of rotatable bonds is 3. The van der Waals surface area contributed by atoms with Crippen LogP contribution in [0.25, 0.3) is 0 Å². The average molecular weight is 227 g/mol. The van der Waals surface area contributed by atoms with E-state index in [2.05, 4.69) is 29.1 Å². The summed E-state index contributed by atoms with van der Waals surface area (Å²) in [6.07, 6.45) is 2.73. The van der Waals surface area contributed by atoms with E-state index in [0.29, 0.717) is 12.1 Å². The molecule has 86 valence electrons. The van der Waals surface area contributed by atoms with Crippen LogP contribution in [-0.2, 0) is 0 Å². The molecule has 2 atom stereocenters. The Morgan fingerprint density at radius 1 is 1.53 bits per heavy atom. The predicted octanol–water partition coefficient (Wildman–Crippen LogP) is 1.55. The minimum absolute atomic E-state index is 0.593. The lowest BCUT2D eigenvalue weighted by molar-refractivity contribution is 0.265. The average Bonchev–Trinajstić information content (AvgIpc) is 2.84. The van der Waals surface area contributed by atoms with E-state index in [9.17, 15) is 0 Å². The summed E-state index contributed by atoms with van der Waals surface area (Å²) in [6.45, 7) is 7.98. The number of aliphatic imine (C=N–C) groups is 1. The van der Waals surface area contributed by atoms with E-state index in [-0.39, 0.29) is 0 Å². The van der Waals surface area contributed by atoms with E-state index in [4.69, 9.17) is 0 Å². The van der Waals surface area contributed by atoms with E-state index in [1.807, 2.05) is 11.8 Å². The number of nitrogens with one attached hydrogen (secondary N) is 1. The Morgan fingerprint density at radius 2 is 2.27 bits per heavy atom. The molecule has 0 aliphatic carbocycles. The highest BCUT2D eigenvalue weighted by Gasteiger charge is 2.19. The number of hydrogen-bond acceptors (Lipinski definition) is 3. The number of hydrogen-bond donors (Lipinski definition) is 1. The number of nitrogens with zero attached hydrogens (tertiary/aromatic N) is 2. The summed E-state index contributed by atoms with van der Waals surface area (Å²) in [5.74, 6) is 1.16. The zero-order chi connectivity index (χ0) is 10.7. The van der Waals surface area contributed by atoms with Gasteiger partial charge in [0.05, 0.1) is 6.54 Å². The molecule has 0 aromatic rings. The van der Waals surface area contributed by atoms with Gasteiger partial charge in [-0.2, -0.15) is 0 Å². The van der Waals surface area contributed by atoms with Gasteiger partial charge in [-0.25, -0.2) is 0 Å². The van der Waals surface area contributed by atoms with Crippen molar-refractivity contribution in [3.8, 4) is 0 Å². The molecule has 2 unspecified atom stereocenters. The van der Waals surface area contributed by atoms with Crippen molar-refractivity contribution in [3.05, 3.63) is 0 Å². The zero-order valence-electron chi connectivity index (χ0n) is 9.70. The lowest BCUT2D eigenvalue weighted by Crippen LogP contribution is -2.33. The van der Waals surface area contributed by atoms with Crippen LogP contribution in [0.1, 0.15) is 26.7 Å². The van der Waals surface area contributed by atoms with Crippen molar-refractivity contribution in [2.45, 2.75) is 38.8 Å². The molecule has 0 aromatic carbocycles. The highest BCUT2D eigenvalue weighted by molar-refractivity contribution is 8.14. The van der Waals surface area contributed by atoms with Crippen LogP contribution in [0.4, 0.5) is 0 Å². The largest absolute Gasteiger partial charge is 0.362 e. The van der Waals surface area contributed by atoms with Gasteiger partial charge in [0.25, 0.3) is 0 Å². The molecule has 0 bridgehead atoms. The highest BCUT2D eigenvalue weighted by Crippen LogP contribution is 2.15. The fourth-order valence-electron chi connectivity index (χ4n) is 2.10. The first-order valence-electron chi connectivity index (χ1n) is 5.93. The molecule has 1 N–H and O–H groups in total. The molecule has 2 aliphatic rings. The molecule has 0 spiro atoms. The Bertz CT molecular complexity index is 236. The Morgan fingerprint density at radius 3 is 2.87 bits per heavy atom. The Kier molecular flexibility index (Phi) is 3.92. The first kappa shape index (κ1) is 11.3. The summed E-state index contributed by atoms with van der Waals surface area (Å²) < 4.78 is 0. The van der Waals surface area contributed by atoms with Gasteiger partial charge in [0, 0.05) is 17.8 Å². The molecule has 2 rings (SSSR count). The quantitative estimate of drug-likeness (QED) is 0.793. The molecule has 15 heavy (non-hydrogen) atoms. The third-order valence-electron chi connectivity index (χ3n) is 3.10. The topological polar surface area (TPSA) is 27.6 Å². The van der Waals surface area contributed by atoms with Gasteiger partial charge in [0.2, 0.25) is 0 Å². The fourth-order valence-corrected chi connectivity index (χ4v) is 3.04. The monoisotopic (exact) mass is 227 g/mol. The fraction of sp³-hybridized carbons (Fsp3) is 0.909. The zero-order valence-corrected chi connectivity index (χ0v) is 10.5. The van der Waals surface area contributed by atoms with Gasteiger partial charge in [-0.05, 0) is 39.8 Å². The van der Waals surface area contributed by atoms with E-state index >= 15 is 0 Å². The maximum atomic E-state index is 4.64. The van der Waals surface area contributed by atoms with Crippen LogP contribution in [0.5, 0.6) is 0 Å². The lowest BCUT2D eigenvalue weighted by Gasteiger charge is -2.21. The standard InChI is InChI=1S/C11H21N3S/c1-9-8-15-11(13-9)12-7-10(2)14-5-3-4-6-14/h9-10H,3-8H2,1-2H3,(H,12,13). The molecule has 0 amide bonds. The molecule has 4 heteroatoms. The second-order valence-electron chi connectivity index (χ2n) is 4.59. The summed E-state index contributed by atoms with van der Waals surface area (Å²) in [5, 5.41) is 4.54. The van der Waals surface area contributed by atoms with E-state index < -0.39 is 0 Å². The number of thioether (sulfide) groups is 1. The van der Waals surface area contributed by atoms with Gasteiger partial charge in [-0.3, -0.25) is 9.89 Å². The SMILES string of the molecule is CC1CSC(=NCC(C)N2CCCC2)N1.